The maximum Gasteiger partial charge on any atom is 0.263 e. The lowest BCUT2D eigenvalue weighted by molar-refractivity contribution is 0.0655. The minimum Gasteiger partial charge on any atom is -0.396 e. The maximum absolute atomic E-state index is 12.7. The summed E-state index contributed by atoms with van der Waals surface area (Å²) in [6.45, 7) is 1.86. The largest absolute Gasteiger partial charge is 0.396 e. The Kier molecular flexibility index (Phi) is 4.96. The van der Waals surface area contributed by atoms with Crippen LogP contribution < -0.4 is 0 Å². The number of rotatable bonds is 2. The first-order chi connectivity index (χ1) is 10.3. The van der Waals surface area contributed by atoms with Crippen molar-refractivity contribution in [2.45, 2.75) is 51.4 Å². The quantitative estimate of drug-likeness (QED) is 0.911. The molecule has 1 aromatic heterocycles. The van der Waals surface area contributed by atoms with Gasteiger partial charge in [-0.2, -0.15) is 0 Å². The topological polar surface area (TPSA) is 40.5 Å². The van der Waals surface area contributed by atoms with Crippen LogP contribution in [0.15, 0.2) is 6.07 Å². The van der Waals surface area contributed by atoms with Crippen molar-refractivity contribution in [1.82, 2.24) is 4.90 Å². The van der Waals surface area contributed by atoms with Gasteiger partial charge < -0.3 is 10.0 Å². The highest BCUT2D eigenvalue weighted by Crippen LogP contribution is 2.30. The van der Waals surface area contributed by atoms with E-state index in [1.807, 2.05) is 4.90 Å². The summed E-state index contributed by atoms with van der Waals surface area (Å²) in [6, 6.07) is 2.16. The number of nitrogens with zero attached hydrogens (tertiary/aromatic N) is 1. The van der Waals surface area contributed by atoms with Gasteiger partial charge in [-0.3, -0.25) is 4.79 Å². The Morgan fingerprint density at radius 1 is 1.19 bits per heavy atom. The maximum atomic E-state index is 12.7. The van der Waals surface area contributed by atoms with Crippen molar-refractivity contribution >= 4 is 17.2 Å². The SMILES string of the molecule is O=C(c1cc2c(s1)CCCCCC2)N1CCC(CO)CC1. The molecule has 0 unspecified atom stereocenters. The molecule has 1 amide bonds. The Balaban J connectivity index is 1.69. The average molecular weight is 307 g/mol. The lowest BCUT2D eigenvalue weighted by atomic mass is 9.97. The molecule has 2 heterocycles. The molecule has 0 atom stereocenters. The normalized spacial score (nSPS) is 20.7. The van der Waals surface area contributed by atoms with Gasteiger partial charge in [-0.15, -0.1) is 11.3 Å². The monoisotopic (exact) mass is 307 g/mol. The van der Waals surface area contributed by atoms with Crippen molar-refractivity contribution in [2.24, 2.45) is 5.92 Å². The summed E-state index contributed by atoms with van der Waals surface area (Å²) in [7, 11) is 0. The highest BCUT2D eigenvalue weighted by atomic mass is 32.1. The second-order valence-electron chi connectivity index (χ2n) is 6.39. The fourth-order valence-corrected chi connectivity index (χ4v) is 4.65. The van der Waals surface area contributed by atoms with Gasteiger partial charge in [0.05, 0.1) is 4.88 Å². The number of carbonyl (C=O) groups is 1. The van der Waals surface area contributed by atoms with Crippen LogP contribution in [-0.2, 0) is 12.8 Å². The number of hydrogen-bond donors (Lipinski definition) is 1. The van der Waals surface area contributed by atoms with E-state index in [0.29, 0.717) is 5.92 Å². The molecule has 1 fully saturated rings. The predicted molar refractivity (Wildman–Crippen MR) is 85.9 cm³/mol. The highest BCUT2D eigenvalue weighted by Gasteiger charge is 2.25. The summed E-state index contributed by atoms with van der Waals surface area (Å²) in [5, 5.41) is 9.20. The van der Waals surface area contributed by atoms with E-state index in [9.17, 15) is 9.90 Å². The lowest BCUT2D eigenvalue weighted by Gasteiger charge is -2.30. The molecule has 21 heavy (non-hydrogen) atoms. The van der Waals surface area contributed by atoms with Crippen molar-refractivity contribution in [2.75, 3.05) is 19.7 Å². The van der Waals surface area contributed by atoms with Gasteiger partial charge in [0, 0.05) is 24.6 Å². The van der Waals surface area contributed by atoms with Crippen LogP contribution in [0.5, 0.6) is 0 Å². The van der Waals surface area contributed by atoms with Crippen molar-refractivity contribution in [3.8, 4) is 0 Å². The molecule has 0 bridgehead atoms. The minimum absolute atomic E-state index is 0.211. The summed E-state index contributed by atoms with van der Waals surface area (Å²) in [5.41, 5.74) is 1.42. The van der Waals surface area contributed by atoms with E-state index in [1.165, 1.54) is 36.1 Å². The van der Waals surface area contributed by atoms with Gasteiger partial charge in [0.25, 0.3) is 5.91 Å². The van der Waals surface area contributed by atoms with E-state index in [2.05, 4.69) is 6.07 Å². The van der Waals surface area contributed by atoms with Crippen molar-refractivity contribution in [1.29, 1.82) is 0 Å². The summed E-state index contributed by atoms with van der Waals surface area (Å²) < 4.78 is 0. The third-order valence-electron chi connectivity index (χ3n) is 4.87. The highest BCUT2D eigenvalue weighted by molar-refractivity contribution is 7.14. The smallest absolute Gasteiger partial charge is 0.263 e. The van der Waals surface area contributed by atoms with Crippen LogP contribution in [0.2, 0.25) is 0 Å². The van der Waals surface area contributed by atoms with Crippen LogP contribution in [0.25, 0.3) is 0 Å². The van der Waals surface area contributed by atoms with E-state index in [0.717, 1.165) is 43.6 Å². The first-order valence-corrected chi connectivity index (χ1v) is 9.11. The Hall–Kier alpha value is -0.870. The number of piperidine rings is 1. The van der Waals surface area contributed by atoms with Gasteiger partial charge in [-0.05, 0) is 56.1 Å². The molecule has 1 saturated heterocycles. The number of likely N-dealkylation sites (tertiary alicyclic amines) is 1. The molecule has 3 rings (SSSR count). The number of aliphatic hydroxyl groups is 1. The zero-order valence-electron chi connectivity index (χ0n) is 12.6. The van der Waals surface area contributed by atoms with E-state index < -0.39 is 0 Å². The molecular formula is C17H25NO2S. The fourth-order valence-electron chi connectivity index (χ4n) is 3.42. The van der Waals surface area contributed by atoms with Crippen LogP contribution in [0.4, 0.5) is 0 Å². The van der Waals surface area contributed by atoms with Crippen LogP contribution in [0, 0.1) is 5.92 Å². The number of hydrogen-bond acceptors (Lipinski definition) is 3. The van der Waals surface area contributed by atoms with Crippen LogP contribution >= 0.6 is 11.3 Å². The number of aliphatic hydroxyl groups excluding tert-OH is 1. The molecule has 2 aliphatic rings. The van der Waals surface area contributed by atoms with Gasteiger partial charge in [0.2, 0.25) is 0 Å². The van der Waals surface area contributed by atoms with Gasteiger partial charge >= 0.3 is 0 Å². The molecule has 3 nitrogen and oxygen atoms in total. The standard InChI is InChI=1S/C17H25NO2S/c19-12-13-7-9-18(10-8-13)17(20)16-11-14-5-3-1-2-4-6-15(14)21-16/h11,13,19H,1-10,12H2. The minimum atomic E-state index is 0.211. The van der Waals surface area contributed by atoms with E-state index >= 15 is 0 Å². The molecule has 0 saturated carbocycles. The van der Waals surface area contributed by atoms with Crippen molar-refractivity contribution < 1.29 is 9.90 Å². The molecule has 0 radical (unpaired) electrons. The molecule has 0 aromatic carbocycles. The number of aryl methyl sites for hydroxylation is 2. The number of amides is 1. The summed E-state index contributed by atoms with van der Waals surface area (Å²) in [4.78, 5) is 17.0. The average Bonchev–Trinajstić information content (AvgIpc) is 2.89. The van der Waals surface area contributed by atoms with Crippen molar-refractivity contribution in [3.05, 3.63) is 21.4 Å². The van der Waals surface area contributed by atoms with E-state index in [4.69, 9.17) is 0 Å². The number of thiophene rings is 1. The Bertz CT molecular complexity index is 463. The summed E-state index contributed by atoms with van der Waals surface area (Å²) >= 11 is 1.73. The molecule has 0 spiro atoms. The van der Waals surface area contributed by atoms with E-state index in [1.54, 1.807) is 11.3 Å². The number of carbonyl (C=O) groups excluding carboxylic acids is 1. The molecule has 116 valence electrons. The van der Waals surface area contributed by atoms with E-state index in [-0.39, 0.29) is 12.5 Å². The molecule has 1 N–H and O–H groups in total. The molecule has 4 heteroatoms. The molecule has 1 aromatic rings. The zero-order valence-corrected chi connectivity index (χ0v) is 13.5. The van der Waals surface area contributed by atoms with Gasteiger partial charge in [-0.1, -0.05) is 12.8 Å². The lowest BCUT2D eigenvalue weighted by Crippen LogP contribution is -2.38. The second kappa shape index (κ2) is 6.93. The van der Waals surface area contributed by atoms with Crippen LogP contribution in [0.1, 0.15) is 58.6 Å². The summed E-state index contributed by atoms with van der Waals surface area (Å²) in [5.74, 6) is 0.598. The second-order valence-corrected chi connectivity index (χ2v) is 7.53. The number of fused-ring (bicyclic) bond motifs is 1. The Morgan fingerprint density at radius 3 is 2.62 bits per heavy atom. The molecule has 1 aliphatic carbocycles. The molecular weight excluding hydrogens is 282 g/mol. The van der Waals surface area contributed by atoms with Gasteiger partial charge in [0.15, 0.2) is 0 Å². The van der Waals surface area contributed by atoms with Gasteiger partial charge in [-0.25, -0.2) is 0 Å². The summed E-state index contributed by atoms with van der Waals surface area (Å²) in [6.07, 6.45) is 9.36. The third kappa shape index (κ3) is 3.49. The first-order valence-electron chi connectivity index (χ1n) is 8.29. The van der Waals surface area contributed by atoms with Crippen molar-refractivity contribution in [3.63, 3.8) is 0 Å². The first kappa shape index (κ1) is 15.0. The zero-order chi connectivity index (χ0) is 14.7. The molecule has 1 aliphatic heterocycles. The van der Waals surface area contributed by atoms with Crippen LogP contribution in [-0.4, -0.2) is 35.6 Å². The Morgan fingerprint density at radius 2 is 1.90 bits per heavy atom. The van der Waals surface area contributed by atoms with Crippen LogP contribution in [0.3, 0.4) is 0 Å². The third-order valence-corrected chi connectivity index (χ3v) is 6.09. The Labute approximate surface area is 131 Å². The predicted octanol–water partition coefficient (Wildman–Crippen LogP) is 3.25. The van der Waals surface area contributed by atoms with Gasteiger partial charge in [0.1, 0.15) is 0 Å². The fraction of sp³-hybridized carbons (Fsp3) is 0.706.